The Morgan fingerprint density at radius 3 is 2.67 bits per heavy atom. The molecule has 0 bridgehead atoms. The van der Waals surface area contributed by atoms with Crippen molar-refractivity contribution < 1.29 is 14.3 Å². The molecule has 2 aromatic rings. The van der Waals surface area contributed by atoms with Crippen LogP contribution in [0.5, 0.6) is 5.75 Å². The number of halogens is 1. The largest absolute Gasteiger partial charge is 0.480 e. The van der Waals surface area contributed by atoms with Crippen LogP contribution in [0.1, 0.15) is 28.8 Å². The number of nitrogens with two attached hydrogens (primary N) is 1. The van der Waals surface area contributed by atoms with Crippen LogP contribution in [0.25, 0.3) is 0 Å². The zero-order valence-electron chi connectivity index (χ0n) is 14.7. The molecule has 7 heteroatoms. The van der Waals surface area contributed by atoms with Crippen molar-refractivity contribution in [3.63, 3.8) is 0 Å². The molecule has 2 aliphatic heterocycles. The SMILES string of the molecule is NC(=O)c1ccc(N2CCCC2)c(NC(=O)C2Cc3cc(Cl)ccc3O2)c1. The van der Waals surface area contributed by atoms with Gasteiger partial charge in [-0.2, -0.15) is 0 Å². The van der Waals surface area contributed by atoms with Gasteiger partial charge < -0.3 is 20.7 Å². The molecule has 2 heterocycles. The van der Waals surface area contributed by atoms with Gasteiger partial charge in [0.15, 0.2) is 6.10 Å². The zero-order valence-corrected chi connectivity index (χ0v) is 15.5. The van der Waals surface area contributed by atoms with Gasteiger partial charge in [0.1, 0.15) is 5.75 Å². The van der Waals surface area contributed by atoms with Crippen LogP contribution in [0.15, 0.2) is 36.4 Å². The van der Waals surface area contributed by atoms with Crippen molar-refractivity contribution >= 4 is 34.8 Å². The number of primary amides is 1. The number of fused-ring (bicyclic) bond motifs is 1. The molecule has 2 amide bonds. The van der Waals surface area contributed by atoms with Crippen LogP contribution >= 0.6 is 11.6 Å². The van der Waals surface area contributed by atoms with Crippen LogP contribution in [0, 0.1) is 0 Å². The minimum Gasteiger partial charge on any atom is -0.480 e. The van der Waals surface area contributed by atoms with Gasteiger partial charge in [-0.05, 0) is 54.8 Å². The van der Waals surface area contributed by atoms with Gasteiger partial charge in [0, 0.05) is 30.1 Å². The van der Waals surface area contributed by atoms with Crippen LogP contribution < -0.4 is 20.7 Å². The van der Waals surface area contributed by atoms with Crippen molar-refractivity contribution in [3.8, 4) is 5.75 Å². The molecule has 3 N–H and O–H groups in total. The number of hydrogen-bond donors (Lipinski definition) is 2. The molecule has 0 radical (unpaired) electrons. The summed E-state index contributed by atoms with van der Waals surface area (Å²) in [5.74, 6) is -0.118. The minimum atomic E-state index is -0.637. The van der Waals surface area contributed by atoms with Gasteiger partial charge >= 0.3 is 0 Å². The van der Waals surface area contributed by atoms with E-state index in [-0.39, 0.29) is 5.91 Å². The maximum absolute atomic E-state index is 12.8. The molecular weight excluding hydrogens is 366 g/mol. The van der Waals surface area contributed by atoms with Gasteiger partial charge in [0.05, 0.1) is 11.4 Å². The zero-order chi connectivity index (χ0) is 19.0. The average Bonchev–Trinajstić information content (AvgIpc) is 3.30. The number of ether oxygens (including phenoxy) is 1. The first-order valence-electron chi connectivity index (χ1n) is 8.96. The molecular formula is C20H20ClN3O3. The van der Waals surface area contributed by atoms with Crippen molar-refractivity contribution in [1.29, 1.82) is 0 Å². The van der Waals surface area contributed by atoms with E-state index in [1.165, 1.54) is 0 Å². The van der Waals surface area contributed by atoms with Crippen LogP contribution in [0.2, 0.25) is 5.02 Å². The number of nitrogens with zero attached hydrogens (tertiary/aromatic N) is 1. The Morgan fingerprint density at radius 1 is 1.15 bits per heavy atom. The molecule has 0 spiro atoms. The van der Waals surface area contributed by atoms with Crippen molar-refractivity contribution in [2.75, 3.05) is 23.3 Å². The maximum atomic E-state index is 12.8. The fraction of sp³-hybridized carbons (Fsp3) is 0.300. The summed E-state index contributed by atoms with van der Waals surface area (Å²) in [6, 6.07) is 10.5. The molecule has 1 fully saturated rings. The molecule has 1 unspecified atom stereocenters. The number of nitrogens with one attached hydrogen (secondary N) is 1. The predicted molar refractivity (Wildman–Crippen MR) is 105 cm³/mol. The van der Waals surface area contributed by atoms with E-state index in [1.54, 1.807) is 24.3 Å². The summed E-state index contributed by atoms with van der Waals surface area (Å²) in [5.41, 5.74) is 8.15. The second kappa shape index (κ2) is 7.12. The standard InChI is InChI=1S/C20H20ClN3O3/c21-14-4-6-17-13(9-14)11-18(27-17)20(26)23-15-10-12(19(22)25)3-5-16(15)24-7-1-2-8-24/h3-6,9-10,18H,1-2,7-8,11H2,(H2,22,25)(H,23,26). The molecule has 2 aliphatic rings. The molecule has 140 valence electrons. The molecule has 0 saturated carbocycles. The number of rotatable bonds is 4. The fourth-order valence-electron chi connectivity index (χ4n) is 3.60. The van der Waals surface area contributed by atoms with Crippen molar-refractivity contribution in [2.45, 2.75) is 25.4 Å². The summed E-state index contributed by atoms with van der Waals surface area (Å²) >= 11 is 6.02. The van der Waals surface area contributed by atoms with Crippen LogP contribution in [0.4, 0.5) is 11.4 Å². The van der Waals surface area contributed by atoms with E-state index in [1.807, 2.05) is 12.1 Å². The van der Waals surface area contributed by atoms with E-state index < -0.39 is 12.0 Å². The highest BCUT2D eigenvalue weighted by molar-refractivity contribution is 6.30. The van der Waals surface area contributed by atoms with Gasteiger partial charge in [0.2, 0.25) is 5.91 Å². The summed E-state index contributed by atoms with van der Waals surface area (Å²) in [5, 5.41) is 3.54. The van der Waals surface area contributed by atoms with Gasteiger partial charge in [-0.1, -0.05) is 11.6 Å². The molecule has 6 nitrogen and oxygen atoms in total. The van der Waals surface area contributed by atoms with Crippen molar-refractivity contribution in [1.82, 2.24) is 0 Å². The molecule has 4 rings (SSSR count). The number of amides is 2. The Labute approximate surface area is 162 Å². The highest BCUT2D eigenvalue weighted by Crippen LogP contribution is 2.33. The first kappa shape index (κ1) is 17.7. The molecule has 2 aromatic carbocycles. The fourth-order valence-corrected chi connectivity index (χ4v) is 3.79. The summed E-state index contributed by atoms with van der Waals surface area (Å²) in [6.07, 6.45) is 2.03. The van der Waals surface area contributed by atoms with E-state index in [4.69, 9.17) is 22.1 Å². The topological polar surface area (TPSA) is 84.7 Å². The van der Waals surface area contributed by atoms with E-state index in [0.29, 0.717) is 28.4 Å². The lowest BCUT2D eigenvalue weighted by Crippen LogP contribution is -2.32. The molecule has 27 heavy (non-hydrogen) atoms. The van der Waals surface area contributed by atoms with E-state index in [9.17, 15) is 9.59 Å². The summed E-state index contributed by atoms with van der Waals surface area (Å²) < 4.78 is 5.76. The average molecular weight is 386 g/mol. The quantitative estimate of drug-likeness (QED) is 0.847. The molecule has 1 saturated heterocycles. The minimum absolute atomic E-state index is 0.260. The lowest BCUT2D eigenvalue weighted by Gasteiger charge is -2.23. The Hall–Kier alpha value is -2.73. The Morgan fingerprint density at radius 2 is 1.93 bits per heavy atom. The molecule has 0 aromatic heterocycles. The van der Waals surface area contributed by atoms with Crippen molar-refractivity contribution in [3.05, 3.63) is 52.5 Å². The number of carbonyl (C=O) groups excluding carboxylic acids is 2. The highest BCUT2D eigenvalue weighted by Gasteiger charge is 2.30. The number of carbonyl (C=O) groups is 2. The Kier molecular flexibility index (Phi) is 4.66. The molecule has 0 aliphatic carbocycles. The first-order chi connectivity index (χ1) is 13.0. The van der Waals surface area contributed by atoms with E-state index in [2.05, 4.69) is 10.2 Å². The van der Waals surface area contributed by atoms with E-state index >= 15 is 0 Å². The lowest BCUT2D eigenvalue weighted by atomic mass is 10.1. The number of benzene rings is 2. The van der Waals surface area contributed by atoms with Crippen LogP contribution in [-0.4, -0.2) is 31.0 Å². The van der Waals surface area contributed by atoms with Gasteiger partial charge in [-0.3, -0.25) is 9.59 Å². The number of anilines is 2. The normalized spacial score (nSPS) is 18.1. The van der Waals surface area contributed by atoms with Gasteiger partial charge in [0.25, 0.3) is 5.91 Å². The second-order valence-electron chi connectivity index (χ2n) is 6.84. The van der Waals surface area contributed by atoms with Gasteiger partial charge in [-0.25, -0.2) is 0 Å². The third-order valence-electron chi connectivity index (χ3n) is 4.98. The molecule has 1 atom stereocenters. The summed E-state index contributed by atoms with van der Waals surface area (Å²) in [7, 11) is 0. The summed E-state index contributed by atoms with van der Waals surface area (Å²) in [6.45, 7) is 1.84. The van der Waals surface area contributed by atoms with Crippen molar-refractivity contribution in [2.24, 2.45) is 5.73 Å². The highest BCUT2D eigenvalue weighted by atomic mass is 35.5. The predicted octanol–water partition coefficient (Wildman–Crippen LogP) is 2.98. The monoisotopic (exact) mass is 385 g/mol. The van der Waals surface area contributed by atoms with E-state index in [0.717, 1.165) is 37.2 Å². The summed E-state index contributed by atoms with van der Waals surface area (Å²) in [4.78, 5) is 26.6. The third-order valence-corrected chi connectivity index (χ3v) is 5.21. The van der Waals surface area contributed by atoms with Crippen LogP contribution in [0.3, 0.4) is 0 Å². The smallest absolute Gasteiger partial charge is 0.265 e. The second-order valence-corrected chi connectivity index (χ2v) is 7.28. The maximum Gasteiger partial charge on any atom is 0.265 e. The third kappa shape index (κ3) is 3.57. The van der Waals surface area contributed by atoms with Gasteiger partial charge in [-0.15, -0.1) is 0 Å². The lowest BCUT2D eigenvalue weighted by molar-refractivity contribution is -0.122. The Bertz CT molecular complexity index is 909. The number of hydrogen-bond acceptors (Lipinski definition) is 4. The van der Waals surface area contributed by atoms with Crippen LogP contribution in [-0.2, 0) is 11.2 Å². The Balaban J connectivity index is 1.57. The first-order valence-corrected chi connectivity index (χ1v) is 9.34.